The Morgan fingerprint density at radius 2 is 1.83 bits per heavy atom. The lowest BCUT2D eigenvalue weighted by molar-refractivity contribution is 0.218. The number of hydrogen-bond donors (Lipinski definition) is 0. The molecule has 0 aliphatic carbocycles. The largest absolute Gasteiger partial charge is 0.306 e. The van der Waals surface area contributed by atoms with E-state index in [0.29, 0.717) is 15.8 Å². The van der Waals surface area contributed by atoms with Gasteiger partial charge in [-0.1, -0.05) is 23.4 Å². The molecule has 1 heterocycles. The molecule has 1 nitrogen and oxygen atoms in total. The predicted molar refractivity (Wildman–Crippen MR) is 95.9 cm³/mol. The van der Waals surface area contributed by atoms with Crippen molar-refractivity contribution in [2.45, 2.75) is 29.1 Å². The Labute approximate surface area is 151 Å². The number of piperidine rings is 1. The fraction of sp³-hybridized carbons (Fsp3) is 0.368. The van der Waals surface area contributed by atoms with Crippen molar-refractivity contribution < 1.29 is 8.78 Å². The number of nitrogens with zero attached hydrogens (tertiary/aromatic N) is 1. The van der Waals surface area contributed by atoms with Crippen molar-refractivity contribution in [3.8, 4) is 0 Å². The van der Waals surface area contributed by atoms with E-state index in [0.717, 1.165) is 48.9 Å². The first-order valence-corrected chi connectivity index (χ1v) is 9.30. The van der Waals surface area contributed by atoms with Gasteiger partial charge in [0, 0.05) is 9.92 Å². The van der Waals surface area contributed by atoms with Crippen molar-refractivity contribution in [2.75, 3.05) is 20.1 Å². The Morgan fingerprint density at radius 3 is 2.58 bits per heavy atom. The van der Waals surface area contributed by atoms with Crippen LogP contribution in [0.2, 0.25) is 5.02 Å². The van der Waals surface area contributed by atoms with Crippen LogP contribution in [0.3, 0.4) is 0 Å². The first-order valence-electron chi connectivity index (χ1n) is 8.11. The summed E-state index contributed by atoms with van der Waals surface area (Å²) in [6.07, 6.45) is 3.23. The van der Waals surface area contributed by atoms with E-state index in [2.05, 4.69) is 11.9 Å². The molecule has 1 aliphatic rings. The predicted octanol–water partition coefficient (Wildman–Crippen LogP) is 5.65. The zero-order valence-corrected chi connectivity index (χ0v) is 15.1. The van der Waals surface area contributed by atoms with E-state index in [1.807, 2.05) is 12.1 Å². The minimum Gasteiger partial charge on any atom is -0.306 e. The summed E-state index contributed by atoms with van der Waals surface area (Å²) < 4.78 is 27.4. The number of rotatable bonds is 4. The van der Waals surface area contributed by atoms with Crippen LogP contribution in [0.4, 0.5) is 8.78 Å². The third-order valence-electron chi connectivity index (χ3n) is 4.48. The van der Waals surface area contributed by atoms with Crippen LogP contribution in [0.5, 0.6) is 0 Å². The number of halogens is 3. The molecule has 0 N–H and O–H groups in total. The standard InChI is InChI=1S/C19H20ClF2NS/c1-23-8-6-13(7-9-23)10-14-11-15(20)2-5-18(14)24-19-12-16(21)3-4-17(19)22/h2-5,11-13H,6-10H2,1H3. The lowest BCUT2D eigenvalue weighted by Crippen LogP contribution is -2.31. The van der Waals surface area contributed by atoms with E-state index >= 15 is 0 Å². The van der Waals surface area contributed by atoms with Crippen LogP contribution < -0.4 is 0 Å². The Balaban J connectivity index is 1.81. The Bertz CT molecular complexity index is 715. The van der Waals surface area contributed by atoms with Crippen molar-refractivity contribution in [3.05, 3.63) is 58.6 Å². The lowest BCUT2D eigenvalue weighted by Gasteiger charge is -2.29. The maximum absolute atomic E-state index is 13.9. The van der Waals surface area contributed by atoms with Crippen molar-refractivity contribution in [2.24, 2.45) is 5.92 Å². The normalized spacial score (nSPS) is 16.5. The molecule has 0 amide bonds. The lowest BCUT2D eigenvalue weighted by atomic mass is 9.90. The summed E-state index contributed by atoms with van der Waals surface area (Å²) in [5.41, 5.74) is 1.12. The van der Waals surface area contributed by atoms with E-state index in [1.54, 1.807) is 6.07 Å². The molecular formula is C19H20ClF2NS. The van der Waals surface area contributed by atoms with E-state index in [-0.39, 0.29) is 0 Å². The maximum Gasteiger partial charge on any atom is 0.137 e. The van der Waals surface area contributed by atoms with Gasteiger partial charge in [0.15, 0.2) is 0 Å². The summed E-state index contributed by atoms with van der Waals surface area (Å²) >= 11 is 7.43. The van der Waals surface area contributed by atoms with Crippen LogP contribution >= 0.6 is 23.4 Å². The molecule has 3 rings (SSSR count). The molecule has 0 bridgehead atoms. The second kappa shape index (κ2) is 7.85. The van der Waals surface area contributed by atoms with Crippen molar-refractivity contribution in [3.63, 3.8) is 0 Å². The van der Waals surface area contributed by atoms with Crippen molar-refractivity contribution in [1.29, 1.82) is 0 Å². The quantitative estimate of drug-likeness (QED) is 0.686. The highest BCUT2D eigenvalue weighted by Crippen LogP contribution is 2.36. The van der Waals surface area contributed by atoms with E-state index in [4.69, 9.17) is 11.6 Å². The molecular weight excluding hydrogens is 348 g/mol. The molecule has 128 valence electrons. The van der Waals surface area contributed by atoms with E-state index in [1.165, 1.54) is 23.9 Å². The summed E-state index contributed by atoms with van der Waals surface area (Å²) in [7, 11) is 2.14. The summed E-state index contributed by atoms with van der Waals surface area (Å²) in [5.74, 6) is -0.220. The minimum atomic E-state index is -0.426. The Morgan fingerprint density at radius 1 is 1.08 bits per heavy atom. The molecule has 0 aromatic heterocycles. The molecule has 0 radical (unpaired) electrons. The molecule has 0 spiro atoms. The summed E-state index contributed by atoms with van der Waals surface area (Å²) in [4.78, 5) is 3.59. The molecule has 0 saturated carbocycles. The fourth-order valence-corrected chi connectivity index (χ4v) is 4.24. The molecule has 24 heavy (non-hydrogen) atoms. The maximum atomic E-state index is 13.9. The van der Waals surface area contributed by atoms with Gasteiger partial charge in [0.05, 0.1) is 4.90 Å². The fourth-order valence-electron chi connectivity index (χ4n) is 3.06. The molecule has 0 atom stereocenters. The zero-order valence-electron chi connectivity index (χ0n) is 13.6. The summed E-state index contributed by atoms with van der Waals surface area (Å²) in [6.45, 7) is 2.21. The van der Waals surface area contributed by atoms with Crippen LogP contribution in [-0.4, -0.2) is 25.0 Å². The Hall–Kier alpha value is -1.10. The first-order chi connectivity index (χ1) is 11.5. The average Bonchev–Trinajstić information content (AvgIpc) is 2.55. The summed E-state index contributed by atoms with van der Waals surface area (Å²) in [5, 5.41) is 0.682. The average molecular weight is 368 g/mol. The second-order valence-electron chi connectivity index (χ2n) is 6.38. The van der Waals surface area contributed by atoms with Crippen LogP contribution in [-0.2, 0) is 6.42 Å². The number of likely N-dealkylation sites (tertiary alicyclic amines) is 1. The van der Waals surface area contributed by atoms with Gasteiger partial charge in [-0.05, 0) is 87.3 Å². The van der Waals surface area contributed by atoms with Gasteiger partial charge in [0.1, 0.15) is 11.6 Å². The Kier molecular flexibility index (Phi) is 5.80. The van der Waals surface area contributed by atoms with Gasteiger partial charge in [0.25, 0.3) is 0 Å². The van der Waals surface area contributed by atoms with Gasteiger partial charge in [-0.3, -0.25) is 0 Å². The topological polar surface area (TPSA) is 3.24 Å². The number of hydrogen-bond acceptors (Lipinski definition) is 2. The van der Waals surface area contributed by atoms with Crippen LogP contribution in [0.1, 0.15) is 18.4 Å². The van der Waals surface area contributed by atoms with Gasteiger partial charge >= 0.3 is 0 Å². The number of benzene rings is 2. The van der Waals surface area contributed by atoms with E-state index in [9.17, 15) is 8.78 Å². The molecule has 5 heteroatoms. The molecule has 2 aromatic rings. The summed E-state index contributed by atoms with van der Waals surface area (Å²) in [6, 6.07) is 9.22. The van der Waals surface area contributed by atoms with Crippen molar-refractivity contribution in [1.82, 2.24) is 4.90 Å². The van der Waals surface area contributed by atoms with Gasteiger partial charge < -0.3 is 4.90 Å². The molecule has 1 saturated heterocycles. The third-order valence-corrected chi connectivity index (χ3v) is 5.87. The first kappa shape index (κ1) is 17.7. The zero-order chi connectivity index (χ0) is 17.1. The smallest absolute Gasteiger partial charge is 0.137 e. The monoisotopic (exact) mass is 367 g/mol. The van der Waals surface area contributed by atoms with Crippen LogP contribution in [0.25, 0.3) is 0 Å². The van der Waals surface area contributed by atoms with Crippen LogP contribution in [0.15, 0.2) is 46.2 Å². The third kappa shape index (κ3) is 4.50. The second-order valence-corrected chi connectivity index (χ2v) is 7.90. The van der Waals surface area contributed by atoms with Crippen molar-refractivity contribution >= 4 is 23.4 Å². The molecule has 1 aliphatic heterocycles. The highest BCUT2D eigenvalue weighted by Gasteiger charge is 2.19. The van der Waals surface area contributed by atoms with E-state index < -0.39 is 11.6 Å². The minimum absolute atomic E-state index is 0.307. The molecule has 1 fully saturated rings. The SMILES string of the molecule is CN1CCC(Cc2cc(Cl)ccc2Sc2cc(F)ccc2F)CC1. The van der Waals surface area contributed by atoms with Gasteiger partial charge in [-0.15, -0.1) is 0 Å². The highest BCUT2D eigenvalue weighted by atomic mass is 35.5. The van der Waals surface area contributed by atoms with Gasteiger partial charge in [0.2, 0.25) is 0 Å². The van der Waals surface area contributed by atoms with Crippen LogP contribution in [0, 0.1) is 17.6 Å². The van der Waals surface area contributed by atoms with Gasteiger partial charge in [-0.2, -0.15) is 0 Å². The van der Waals surface area contributed by atoms with Gasteiger partial charge in [-0.25, -0.2) is 8.78 Å². The molecule has 0 unspecified atom stereocenters. The highest BCUT2D eigenvalue weighted by molar-refractivity contribution is 7.99. The molecule has 2 aromatic carbocycles.